The first kappa shape index (κ1) is 35.5. The number of carboxylic acid groups (broad SMARTS) is 1. The molecule has 3 saturated carbocycles. The molecular weight excluding hydrogens is 614 g/mol. The number of ether oxygens (including phenoxy) is 2. The van der Waals surface area contributed by atoms with Gasteiger partial charge in [-0.25, -0.2) is 0 Å². The van der Waals surface area contributed by atoms with Crippen LogP contribution in [0, 0.1) is 46.3 Å². The summed E-state index contributed by atoms with van der Waals surface area (Å²) in [6.45, 7) is 14.0. The van der Waals surface area contributed by atoms with Gasteiger partial charge in [0.25, 0.3) is 0 Å². The Morgan fingerprint density at radius 1 is 1.04 bits per heavy atom. The zero-order valence-electron chi connectivity index (χ0n) is 28.1. The number of allylic oxidation sites excluding steroid dienone is 2. The Morgan fingerprint density at radius 2 is 1.72 bits per heavy atom. The van der Waals surface area contributed by atoms with Gasteiger partial charge in [-0.15, -0.1) is 0 Å². The Balaban J connectivity index is 1.40. The molecular formula is C34H53NO10S. The van der Waals surface area contributed by atoms with Crippen molar-refractivity contribution in [2.75, 3.05) is 0 Å². The van der Waals surface area contributed by atoms with Gasteiger partial charge in [-0.1, -0.05) is 66.2 Å². The van der Waals surface area contributed by atoms with E-state index in [1.807, 2.05) is 0 Å². The molecule has 0 aromatic carbocycles. The van der Waals surface area contributed by atoms with E-state index in [0.29, 0.717) is 43.9 Å². The number of hydrogen-bond donors (Lipinski definition) is 5. The number of carboxylic acids is 1. The van der Waals surface area contributed by atoms with E-state index in [1.165, 1.54) is 0 Å². The van der Waals surface area contributed by atoms with Crippen LogP contribution < -0.4 is 4.72 Å². The summed E-state index contributed by atoms with van der Waals surface area (Å²) in [7, 11) is -4.80. The maximum atomic E-state index is 13.2. The normalized spacial score (nSPS) is 39.7. The van der Waals surface area contributed by atoms with E-state index in [1.54, 1.807) is 18.6 Å². The van der Waals surface area contributed by atoms with Crippen molar-refractivity contribution in [1.82, 2.24) is 4.72 Å². The highest BCUT2D eigenvalue weighted by Crippen LogP contribution is 2.72. The predicted octanol–water partition coefficient (Wildman–Crippen LogP) is 4.05. The summed E-state index contributed by atoms with van der Waals surface area (Å²) >= 11 is 0. The summed E-state index contributed by atoms with van der Waals surface area (Å²) < 4.78 is 46.3. The van der Waals surface area contributed by atoms with Crippen LogP contribution in [0.4, 0.5) is 0 Å². The Labute approximate surface area is 273 Å². The third-order valence-corrected chi connectivity index (χ3v) is 13.2. The first-order valence-electron chi connectivity index (χ1n) is 16.9. The minimum atomic E-state index is -4.80. The summed E-state index contributed by atoms with van der Waals surface area (Å²) in [6, 6.07) is -1.69. The lowest BCUT2D eigenvalue weighted by molar-refractivity contribution is -0.161. The number of rotatable bonds is 11. The van der Waals surface area contributed by atoms with Crippen LogP contribution in [0.3, 0.4) is 0 Å². The van der Waals surface area contributed by atoms with Crippen molar-refractivity contribution in [2.45, 2.75) is 129 Å². The van der Waals surface area contributed by atoms with E-state index >= 15 is 0 Å². The van der Waals surface area contributed by atoms with Gasteiger partial charge in [-0.3, -0.25) is 14.1 Å². The molecule has 12 atom stereocenters. The molecule has 12 heteroatoms. The third kappa shape index (κ3) is 5.68. The van der Waals surface area contributed by atoms with Gasteiger partial charge in [0.1, 0.15) is 30.0 Å². The third-order valence-electron chi connectivity index (χ3n) is 12.6. The molecule has 0 bridgehead atoms. The molecule has 1 spiro atoms. The quantitative estimate of drug-likeness (QED) is 0.0933. The van der Waals surface area contributed by atoms with E-state index in [-0.39, 0.29) is 24.2 Å². The monoisotopic (exact) mass is 667 g/mol. The van der Waals surface area contributed by atoms with Crippen LogP contribution in [0.5, 0.6) is 0 Å². The molecule has 0 unspecified atom stereocenters. The molecule has 260 valence electrons. The lowest BCUT2D eigenvalue weighted by atomic mass is 9.47. The highest BCUT2D eigenvalue weighted by Gasteiger charge is 2.78. The second-order valence-corrected chi connectivity index (χ2v) is 16.9. The van der Waals surface area contributed by atoms with E-state index in [4.69, 9.17) is 9.47 Å². The van der Waals surface area contributed by atoms with Crippen molar-refractivity contribution in [3.05, 3.63) is 23.3 Å². The predicted molar refractivity (Wildman–Crippen MR) is 170 cm³/mol. The second kappa shape index (κ2) is 12.2. The van der Waals surface area contributed by atoms with Crippen LogP contribution in [0.2, 0.25) is 0 Å². The highest BCUT2D eigenvalue weighted by molar-refractivity contribution is 7.83. The number of hydrogen-bond acceptors (Lipinski definition) is 8. The Bertz CT molecular complexity index is 1390. The standard InChI is InChI=1S/C34H53NO10S/c1-17(2)19(5)8-9-20(6)22-10-11-24-25-23(13-15-33(22,24)31(39)40)32(7)14-12-21(16-34(32)29(45-34)28(25)37)44-30(38)26(27(36)18(3)4)35-46(41,42)43/h8-9,17-23,26-29,35-37H,10-16H2,1-7H3,(H,39,40)(H,41,42,43)/b9-8+/t19-,20+,21-,22+,23-,26+,27-,28+,29-,32+,33-,34-/m0/s1. The highest BCUT2D eigenvalue weighted by atomic mass is 32.2. The maximum absolute atomic E-state index is 13.2. The number of aliphatic hydroxyl groups is 2. The van der Waals surface area contributed by atoms with Crippen LogP contribution in [0.25, 0.3) is 0 Å². The first-order valence-corrected chi connectivity index (χ1v) is 18.4. The van der Waals surface area contributed by atoms with Gasteiger partial charge in [-0.2, -0.15) is 13.1 Å². The molecule has 1 saturated heterocycles. The number of carbonyl (C=O) groups is 2. The number of epoxide rings is 1. The van der Waals surface area contributed by atoms with Crippen LogP contribution in [0.1, 0.15) is 93.4 Å². The van der Waals surface area contributed by atoms with E-state index in [2.05, 4.69) is 46.8 Å². The SMILES string of the molecule is CC(C)[C@@H](C)/C=C/[C@@H](C)[C@H]1CCC2=C3[C@@H](O)[C@@H]4O[C@@]45C[C@@H](OC(=O)[C@H](NS(=O)(=O)O)[C@@H](O)C(C)C)CC[C@]5(C)[C@H]3CC[C@@]21C(=O)O. The lowest BCUT2D eigenvalue weighted by Crippen LogP contribution is -2.59. The van der Waals surface area contributed by atoms with Gasteiger partial charge in [0, 0.05) is 11.8 Å². The fourth-order valence-corrected chi connectivity index (χ4v) is 10.1. The van der Waals surface area contributed by atoms with Gasteiger partial charge in [-0.05, 0) is 79.6 Å². The number of aliphatic carboxylic acids is 1. The number of carbonyl (C=O) groups excluding carboxylic acids is 1. The zero-order chi connectivity index (χ0) is 34.1. The number of nitrogens with one attached hydrogen (secondary N) is 1. The van der Waals surface area contributed by atoms with Crippen molar-refractivity contribution in [2.24, 2.45) is 46.3 Å². The minimum absolute atomic E-state index is 0.0676. The van der Waals surface area contributed by atoms with Gasteiger partial charge in [0.15, 0.2) is 0 Å². The summed E-state index contributed by atoms with van der Waals surface area (Å²) in [5.74, 6) is -1.52. The minimum Gasteiger partial charge on any atom is -0.481 e. The van der Waals surface area contributed by atoms with Gasteiger partial charge >= 0.3 is 22.2 Å². The van der Waals surface area contributed by atoms with Crippen LogP contribution in [0.15, 0.2) is 23.3 Å². The molecule has 0 aromatic rings. The molecule has 5 aliphatic rings. The molecule has 0 amide bonds. The summed E-state index contributed by atoms with van der Waals surface area (Å²) in [5.41, 5.74) is -0.505. The smallest absolute Gasteiger partial charge is 0.334 e. The molecule has 1 heterocycles. The van der Waals surface area contributed by atoms with Crippen LogP contribution in [-0.2, 0) is 29.4 Å². The molecule has 4 fully saturated rings. The average molecular weight is 668 g/mol. The van der Waals surface area contributed by atoms with Gasteiger partial charge in [0.2, 0.25) is 0 Å². The van der Waals surface area contributed by atoms with Crippen molar-refractivity contribution >= 4 is 22.2 Å². The van der Waals surface area contributed by atoms with Gasteiger partial charge < -0.3 is 24.8 Å². The molecule has 46 heavy (non-hydrogen) atoms. The average Bonchev–Trinajstić information content (AvgIpc) is 3.56. The van der Waals surface area contributed by atoms with Crippen molar-refractivity contribution < 1.29 is 47.4 Å². The van der Waals surface area contributed by atoms with E-state index < -0.39 is 75.0 Å². The molecule has 5 N–H and O–H groups in total. The molecule has 11 nitrogen and oxygen atoms in total. The molecule has 5 rings (SSSR count). The summed E-state index contributed by atoms with van der Waals surface area (Å²) in [6.07, 6.45) is 4.58. The Hall–Kier alpha value is -1.83. The topological polar surface area (TPSA) is 183 Å². The van der Waals surface area contributed by atoms with Crippen LogP contribution >= 0.6 is 0 Å². The van der Waals surface area contributed by atoms with Crippen molar-refractivity contribution in [3.8, 4) is 0 Å². The molecule has 0 aromatic heterocycles. The zero-order valence-corrected chi connectivity index (χ0v) is 28.9. The summed E-state index contributed by atoms with van der Waals surface area (Å²) in [5, 5.41) is 33.2. The Morgan fingerprint density at radius 3 is 2.30 bits per heavy atom. The van der Waals surface area contributed by atoms with Crippen LogP contribution in [-0.4, -0.2) is 76.3 Å². The van der Waals surface area contributed by atoms with Crippen molar-refractivity contribution in [3.63, 3.8) is 0 Å². The maximum Gasteiger partial charge on any atom is 0.334 e. The van der Waals surface area contributed by atoms with E-state index in [0.717, 1.165) is 17.6 Å². The Kier molecular flexibility index (Phi) is 9.45. The second-order valence-electron chi connectivity index (χ2n) is 15.7. The molecule has 0 radical (unpaired) electrons. The fraction of sp³-hybridized carbons (Fsp3) is 0.824. The summed E-state index contributed by atoms with van der Waals surface area (Å²) in [4.78, 5) is 26.4. The number of aliphatic hydroxyl groups excluding tert-OH is 2. The first-order chi connectivity index (χ1) is 21.3. The largest absolute Gasteiger partial charge is 0.481 e. The molecule has 1 aliphatic heterocycles. The number of fused-ring (bicyclic) bond motifs is 3. The number of esters is 1. The fourth-order valence-electron chi connectivity index (χ4n) is 9.58. The van der Waals surface area contributed by atoms with Gasteiger partial charge in [0.05, 0.1) is 11.5 Å². The lowest BCUT2D eigenvalue weighted by Gasteiger charge is -2.55. The van der Waals surface area contributed by atoms with Crippen molar-refractivity contribution in [1.29, 1.82) is 0 Å². The molecule has 4 aliphatic carbocycles. The van der Waals surface area contributed by atoms with E-state index in [9.17, 15) is 37.9 Å².